The van der Waals surface area contributed by atoms with E-state index in [-0.39, 0.29) is 0 Å². The molecule has 4 heterocycles. The number of aromatic nitrogens is 4. The molecule has 0 aliphatic rings. The summed E-state index contributed by atoms with van der Waals surface area (Å²) in [6.07, 6.45) is 3.82. The van der Waals surface area contributed by atoms with E-state index in [4.69, 9.17) is 0 Å². The highest BCUT2D eigenvalue weighted by Crippen LogP contribution is 2.42. The van der Waals surface area contributed by atoms with Crippen LogP contribution in [0, 0.1) is 22.7 Å². The Morgan fingerprint density at radius 2 is 1.07 bits per heavy atom. The van der Waals surface area contributed by atoms with Crippen molar-refractivity contribution in [3.8, 4) is 40.3 Å². The molecule has 0 N–H and O–H groups in total. The molecule has 0 fully saturated rings. The van der Waals surface area contributed by atoms with Crippen LogP contribution in [-0.2, 0) is 0 Å². The van der Waals surface area contributed by atoms with Gasteiger partial charge in [0.15, 0.2) is 0 Å². The minimum absolute atomic E-state index is 0.564. The first-order valence-corrected chi connectivity index (χ1v) is 18.2. The topological polar surface area (TPSA) is 75.3 Å². The van der Waals surface area contributed by atoms with Gasteiger partial charge in [-0.1, -0.05) is 72.8 Å². The monoisotopic (exact) mass is 700 g/mol. The minimum Gasteiger partial charge on any atom is -0.309 e. The Kier molecular flexibility index (Phi) is 6.58. The molecular weight excluding hydrogens is 673 g/mol. The van der Waals surface area contributed by atoms with E-state index in [0.29, 0.717) is 11.1 Å². The molecule has 0 saturated carbocycles. The molecular formula is C49H28N6. The number of nitriles is 2. The lowest BCUT2D eigenvalue weighted by molar-refractivity contribution is 1.16. The van der Waals surface area contributed by atoms with E-state index in [1.807, 2.05) is 54.9 Å². The fourth-order valence-electron chi connectivity index (χ4n) is 8.64. The Morgan fingerprint density at radius 1 is 0.400 bits per heavy atom. The molecule has 0 saturated heterocycles. The molecule has 0 spiro atoms. The zero-order valence-corrected chi connectivity index (χ0v) is 29.3. The molecule has 4 aromatic heterocycles. The lowest BCUT2D eigenvalue weighted by Gasteiger charge is -2.14. The van der Waals surface area contributed by atoms with Crippen molar-refractivity contribution in [2.45, 2.75) is 0 Å². The van der Waals surface area contributed by atoms with E-state index in [1.165, 1.54) is 10.8 Å². The van der Waals surface area contributed by atoms with E-state index in [2.05, 4.69) is 146 Å². The Hall–Kier alpha value is -7.93. The molecule has 0 aliphatic carbocycles. The van der Waals surface area contributed by atoms with Crippen LogP contribution in [0.5, 0.6) is 0 Å². The molecule has 0 radical (unpaired) electrons. The van der Waals surface area contributed by atoms with Crippen LogP contribution in [0.2, 0.25) is 0 Å². The van der Waals surface area contributed by atoms with Gasteiger partial charge in [0, 0.05) is 55.6 Å². The van der Waals surface area contributed by atoms with Crippen LogP contribution in [0.15, 0.2) is 170 Å². The maximum Gasteiger partial charge on any atom is 0.0992 e. The van der Waals surface area contributed by atoms with Gasteiger partial charge >= 0.3 is 0 Å². The van der Waals surface area contributed by atoms with Crippen LogP contribution < -0.4 is 0 Å². The average Bonchev–Trinajstić information content (AvgIpc) is 3.89. The summed E-state index contributed by atoms with van der Waals surface area (Å²) >= 11 is 0. The number of pyridine rings is 1. The van der Waals surface area contributed by atoms with E-state index in [9.17, 15) is 10.5 Å². The number of nitrogens with zero attached hydrogens (tertiary/aromatic N) is 6. The zero-order valence-electron chi connectivity index (χ0n) is 29.3. The maximum atomic E-state index is 10.3. The van der Waals surface area contributed by atoms with Crippen molar-refractivity contribution in [3.63, 3.8) is 0 Å². The van der Waals surface area contributed by atoms with E-state index < -0.39 is 0 Å². The van der Waals surface area contributed by atoms with Crippen LogP contribution in [0.3, 0.4) is 0 Å². The van der Waals surface area contributed by atoms with Crippen molar-refractivity contribution < 1.29 is 0 Å². The number of hydrogen-bond donors (Lipinski definition) is 0. The van der Waals surface area contributed by atoms with Crippen molar-refractivity contribution >= 4 is 65.4 Å². The van der Waals surface area contributed by atoms with Crippen LogP contribution >= 0.6 is 0 Å². The normalized spacial score (nSPS) is 11.6. The molecule has 0 unspecified atom stereocenters. The largest absolute Gasteiger partial charge is 0.309 e. The van der Waals surface area contributed by atoms with Crippen LogP contribution in [0.25, 0.3) is 93.6 Å². The standard InChI is InChI=1S/C49H28N6/c50-28-31-17-19-45-42(25-31)38-13-4-6-15-43(38)54(45)37-24-32(29-51)23-34(27-37)33-9-8-12-36(26-33)55-47-30-52-22-21-39(47)40-18-20-46-48(49(40)55)41-14-5-7-16-44(41)53(46)35-10-2-1-3-11-35/h1-27,30H. The number of benzene rings is 7. The van der Waals surface area contributed by atoms with Crippen molar-refractivity contribution in [2.24, 2.45) is 0 Å². The summed E-state index contributed by atoms with van der Waals surface area (Å²) in [4.78, 5) is 4.61. The summed E-state index contributed by atoms with van der Waals surface area (Å²) in [5, 5.41) is 26.7. The fourth-order valence-corrected chi connectivity index (χ4v) is 8.64. The average molecular weight is 701 g/mol. The van der Waals surface area contributed by atoms with Crippen LogP contribution in [-0.4, -0.2) is 18.7 Å². The molecule has 0 aliphatic heterocycles. The first-order chi connectivity index (χ1) is 27.2. The van der Waals surface area contributed by atoms with Crippen molar-refractivity contribution in [1.29, 1.82) is 10.5 Å². The van der Waals surface area contributed by atoms with Crippen LogP contribution in [0.4, 0.5) is 0 Å². The van der Waals surface area contributed by atoms with E-state index >= 15 is 0 Å². The van der Waals surface area contributed by atoms with Gasteiger partial charge in [0.1, 0.15) is 0 Å². The van der Waals surface area contributed by atoms with Crippen molar-refractivity contribution in [1.82, 2.24) is 18.7 Å². The highest BCUT2D eigenvalue weighted by Gasteiger charge is 2.21. The van der Waals surface area contributed by atoms with Crippen molar-refractivity contribution in [3.05, 3.63) is 181 Å². The van der Waals surface area contributed by atoms with Gasteiger partial charge in [0.05, 0.1) is 62.6 Å². The van der Waals surface area contributed by atoms with Gasteiger partial charge in [0.25, 0.3) is 0 Å². The van der Waals surface area contributed by atoms with E-state index in [1.54, 1.807) is 0 Å². The Morgan fingerprint density at radius 3 is 1.91 bits per heavy atom. The lowest BCUT2D eigenvalue weighted by atomic mass is 10.0. The molecule has 11 rings (SSSR count). The zero-order chi connectivity index (χ0) is 36.6. The second kappa shape index (κ2) is 11.8. The summed E-state index contributed by atoms with van der Waals surface area (Å²) in [7, 11) is 0. The molecule has 55 heavy (non-hydrogen) atoms. The third-order valence-electron chi connectivity index (χ3n) is 10.9. The molecule has 254 valence electrons. The molecule has 6 heteroatoms. The van der Waals surface area contributed by atoms with Crippen LogP contribution in [0.1, 0.15) is 11.1 Å². The Bertz CT molecular complexity index is 3460. The van der Waals surface area contributed by atoms with Gasteiger partial charge in [0.2, 0.25) is 0 Å². The quantitative estimate of drug-likeness (QED) is 0.183. The Balaban J connectivity index is 1.17. The third kappa shape index (κ3) is 4.50. The van der Waals surface area contributed by atoms with Gasteiger partial charge in [-0.3, -0.25) is 4.98 Å². The number of para-hydroxylation sites is 3. The molecule has 6 nitrogen and oxygen atoms in total. The minimum atomic E-state index is 0.564. The highest BCUT2D eigenvalue weighted by molar-refractivity contribution is 6.26. The van der Waals surface area contributed by atoms with Gasteiger partial charge < -0.3 is 13.7 Å². The SMILES string of the molecule is N#Cc1cc(-c2cccc(-n3c4cnccc4c4ccc5c(c6ccccc6n5-c5ccccc5)c43)c2)cc(-n2c3ccccc3c3cc(C#N)ccc32)c1. The molecule has 0 bridgehead atoms. The summed E-state index contributed by atoms with van der Waals surface area (Å²) in [6.45, 7) is 0. The molecule has 11 aromatic rings. The summed E-state index contributed by atoms with van der Waals surface area (Å²) < 4.78 is 6.89. The summed E-state index contributed by atoms with van der Waals surface area (Å²) in [5.41, 5.74) is 12.5. The number of rotatable bonds is 4. The van der Waals surface area contributed by atoms with E-state index in [0.717, 1.165) is 82.8 Å². The molecule has 7 aromatic carbocycles. The summed E-state index contributed by atoms with van der Waals surface area (Å²) in [5.74, 6) is 0. The highest BCUT2D eigenvalue weighted by atomic mass is 15.0. The fraction of sp³-hybridized carbons (Fsp3) is 0. The third-order valence-corrected chi connectivity index (χ3v) is 10.9. The molecule has 0 atom stereocenters. The lowest BCUT2D eigenvalue weighted by Crippen LogP contribution is -1.97. The van der Waals surface area contributed by atoms with Gasteiger partial charge in [-0.15, -0.1) is 0 Å². The van der Waals surface area contributed by atoms with Gasteiger partial charge in [-0.25, -0.2) is 0 Å². The first-order valence-electron chi connectivity index (χ1n) is 18.2. The smallest absolute Gasteiger partial charge is 0.0992 e. The number of fused-ring (bicyclic) bond motifs is 10. The van der Waals surface area contributed by atoms with Gasteiger partial charge in [-0.2, -0.15) is 10.5 Å². The van der Waals surface area contributed by atoms with Gasteiger partial charge in [-0.05, 0) is 96.1 Å². The summed E-state index contributed by atoms with van der Waals surface area (Å²) in [6, 6.07) is 59.1. The first kappa shape index (κ1) is 30.7. The Labute approximate surface area is 315 Å². The maximum absolute atomic E-state index is 10.3. The second-order valence-corrected chi connectivity index (χ2v) is 13.9. The number of hydrogen-bond acceptors (Lipinski definition) is 3. The predicted molar refractivity (Wildman–Crippen MR) is 222 cm³/mol. The molecule has 0 amide bonds. The second-order valence-electron chi connectivity index (χ2n) is 13.9. The van der Waals surface area contributed by atoms with Crippen molar-refractivity contribution in [2.75, 3.05) is 0 Å². The predicted octanol–water partition coefficient (Wildman–Crippen LogP) is 11.8.